The summed E-state index contributed by atoms with van der Waals surface area (Å²) in [6.07, 6.45) is 0. The Morgan fingerprint density at radius 2 is 2.14 bits per heavy atom. The number of rotatable bonds is 3. The molecule has 1 aliphatic heterocycles. The Kier molecular flexibility index (Phi) is 3.80. The third-order valence-electron chi connectivity index (χ3n) is 3.96. The molecule has 0 saturated heterocycles. The summed E-state index contributed by atoms with van der Waals surface area (Å²) >= 11 is 0. The monoisotopic (exact) mass is 284 g/mol. The molecule has 0 radical (unpaired) electrons. The van der Waals surface area contributed by atoms with Crippen molar-refractivity contribution < 1.29 is 9.21 Å². The Morgan fingerprint density at radius 1 is 1.33 bits per heavy atom. The maximum absolute atomic E-state index is 12.7. The fraction of sp³-hybridized carbons (Fsp3) is 0.353. The molecular weight excluding hydrogens is 264 g/mol. The molecule has 1 atom stereocenters. The summed E-state index contributed by atoms with van der Waals surface area (Å²) in [4.78, 5) is 14.5. The number of nitrogens with one attached hydrogen (secondary N) is 1. The summed E-state index contributed by atoms with van der Waals surface area (Å²) < 4.78 is 5.55. The van der Waals surface area contributed by atoms with Crippen LogP contribution in [-0.2, 0) is 17.9 Å². The predicted molar refractivity (Wildman–Crippen MR) is 80.8 cm³/mol. The Bertz CT molecular complexity index is 648. The highest BCUT2D eigenvalue weighted by atomic mass is 16.3. The van der Waals surface area contributed by atoms with Crippen molar-refractivity contribution in [2.45, 2.75) is 25.9 Å². The van der Waals surface area contributed by atoms with Crippen molar-refractivity contribution in [3.8, 4) is 0 Å². The molecule has 1 amide bonds. The quantitative estimate of drug-likeness (QED) is 0.941. The molecule has 0 fully saturated rings. The van der Waals surface area contributed by atoms with Gasteiger partial charge in [-0.15, -0.1) is 0 Å². The van der Waals surface area contributed by atoms with Crippen LogP contribution in [0.15, 0.2) is 40.8 Å². The van der Waals surface area contributed by atoms with E-state index in [4.69, 9.17) is 4.42 Å². The highest BCUT2D eigenvalue weighted by Crippen LogP contribution is 2.25. The standard InChI is InChI=1S/C17H20N2O2/c1-12-7-8-14(21-12)11-19(2)17(20)16-10-18-9-13-5-3-4-6-15(13)16/h3-8,16,18H,9-11H2,1-2H3. The van der Waals surface area contributed by atoms with Crippen molar-refractivity contribution in [1.82, 2.24) is 10.2 Å². The molecular formula is C17H20N2O2. The van der Waals surface area contributed by atoms with Crippen molar-refractivity contribution in [2.24, 2.45) is 0 Å². The van der Waals surface area contributed by atoms with Crippen LogP contribution in [0.5, 0.6) is 0 Å². The van der Waals surface area contributed by atoms with Gasteiger partial charge in [-0.3, -0.25) is 4.79 Å². The van der Waals surface area contributed by atoms with Crippen LogP contribution in [0.3, 0.4) is 0 Å². The molecule has 1 aromatic carbocycles. The molecule has 110 valence electrons. The first kappa shape index (κ1) is 13.9. The van der Waals surface area contributed by atoms with Crippen LogP contribution in [0.25, 0.3) is 0 Å². The van der Waals surface area contributed by atoms with Gasteiger partial charge in [-0.2, -0.15) is 0 Å². The van der Waals surface area contributed by atoms with E-state index in [1.807, 2.05) is 38.2 Å². The number of likely N-dealkylation sites (N-methyl/N-ethyl adjacent to an activating group) is 1. The van der Waals surface area contributed by atoms with Gasteiger partial charge in [0.2, 0.25) is 5.91 Å². The van der Waals surface area contributed by atoms with Gasteiger partial charge in [0.25, 0.3) is 0 Å². The minimum atomic E-state index is -0.115. The van der Waals surface area contributed by atoms with Crippen LogP contribution < -0.4 is 5.32 Å². The van der Waals surface area contributed by atoms with Gasteiger partial charge in [-0.25, -0.2) is 0 Å². The van der Waals surface area contributed by atoms with Crippen molar-refractivity contribution >= 4 is 5.91 Å². The van der Waals surface area contributed by atoms with E-state index >= 15 is 0 Å². The molecule has 1 aliphatic rings. The van der Waals surface area contributed by atoms with Crippen molar-refractivity contribution in [1.29, 1.82) is 0 Å². The lowest BCUT2D eigenvalue weighted by Crippen LogP contribution is -2.39. The average molecular weight is 284 g/mol. The van der Waals surface area contributed by atoms with E-state index < -0.39 is 0 Å². The predicted octanol–water partition coefficient (Wildman–Crippen LogP) is 2.43. The zero-order valence-corrected chi connectivity index (χ0v) is 12.4. The number of fused-ring (bicyclic) bond motifs is 1. The molecule has 0 spiro atoms. The molecule has 1 unspecified atom stereocenters. The molecule has 4 heteroatoms. The SMILES string of the molecule is Cc1ccc(CN(C)C(=O)C2CNCc3ccccc32)o1. The van der Waals surface area contributed by atoms with Crippen LogP contribution in [0.4, 0.5) is 0 Å². The lowest BCUT2D eigenvalue weighted by atomic mass is 9.90. The van der Waals surface area contributed by atoms with Crippen LogP contribution in [0.1, 0.15) is 28.6 Å². The topological polar surface area (TPSA) is 45.5 Å². The van der Waals surface area contributed by atoms with Crippen LogP contribution in [0.2, 0.25) is 0 Å². The Morgan fingerprint density at radius 3 is 2.90 bits per heavy atom. The Balaban J connectivity index is 1.76. The summed E-state index contributed by atoms with van der Waals surface area (Å²) in [5.41, 5.74) is 2.35. The summed E-state index contributed by atoms with van der Waals surface area (Å²) in [6.45, 7) is 3.94. The first-order valence-electron chi connectivity index (χ1n) is 7.24. The minimum absolute atomic E-state index is 0.115. The highest BCUT2D eigenvalue weighted by Gasteiger charge is 2.28. The van der Waals surface area contributed by atoms with Gasteiger partial charge in [0.05, 0.1) is 12.5 Å². The Hall–Kier alpha value is -2.07. The second kappa shape index (κ2) is 5.74. The fourth-order valence-corrected chi connectivity index (χ4v) is 2.86. The van der Waals surface area contributed by atoms with E-state index in [-0.39, 0.29) is 11.8 Å². The summed E-state index contributed by atoms with van der Waals surface area (Å²) in [5, 5.41) is 3.32. The second-order valence-electron chi connectivity index (χ2n) is 5.59. The lowest BCUT2D eigenvalue weighted by molar-refractivity contribution is -0.132. The maximum Gasteiger partial charge on any atom is 0.231 e. The first-order valence-corrected chi connectivity index (χ1v) is 7.24. The highest BCUT2D eigenvalue weighted by molar-refractivity contribution is 5.84. The number of nitrogens with zero attached hydrogens (tertiary/aromatic N) is 1. The third-order valence-corrected chi connectivity index (χ3v) is 3.96. The van der Waals surface area contributed by atoms with Gasteiger partial charge in [0.1, 0.15) is 11.5 Å². The maximum atomic E-state index is 12.7. The number of aryl methyl sites for hydroxylation is 1. The normalized spacial score (nSPS) is 17.3. The van der Waals surface area contributed by atoms with E-state index in [0.29, 0.717) is 13.1 Å². The van der Waals surface area contributed by atoms with Crippen molar-refractivity contribution in [3.63, 3.8) is 0 Å². The molecule has 0 saturated carbocycles. The van der Waals surface area contributed by atoms with Gasteiger partial charge >= 0.3 is 0 Å². The molecule has 0 aliphatic carbocycles. The smallest absolute Gasteiger partial charge is 0.231 e. The number of hydrogen-bond donors (Lipinski definition) is 1. The van der Waals surface area contributed by atoms with Gasteiger partial charge in [-0.1, -0.05) is 24.3 Å². The average Bonchev–Trinajstić information content (AvgIpc) is 2.91. The Labute approximate surface area is 124 Å². The number of carbonyl (C=O) groups excluding carboxylic acids is 1. The number of hydrogen-bond acceptors (Lipinski definition) is 3. The van der Waals surface area contributed by atoms with E-state index in [1.54, 1.807) is 4.90 Å². The fourth-order valence-electron chi connectivity index (χ4n) is 2.86. The summed E-state index contributed by atoms with van der Waals surface area (Å²) in [5.74, 6) is 1.70. The lowest BCUT2D eigenvalue weighted by Gasteiger charge is -2.29. The van der Waals surface area contributed by atoms with Crippen LogP contribution in [0, 0.1) is 6.92 Å². The number of benzene rings is 1. The summed E-state index contributed by atoms with van der Waals surface area (Å²) in [7, 11) is 1.83. The zero-order valence-electron chi connectivity index (χ0n) is 12.4. The van der Waals surface area contributed by atoms with Gasteiger partial charge in [0, 0.05) is 20.1 Å². The molecule has 21 heavy (non-hydrogen) atoms. The van der Waals surface area contributed by atoms with E-state index in [9.17, 15) is 4.79 Å². The molecule has 2 aromatic rings. The van der Waals surface area contributed by atoms with Crippen LogP contribution >= 0.6 is 0 Å². The van der Waals surface area contributed by atoms with E-state index in [2.05, 4.69) is 17.4 Å². The molecule has 1 N–H and O–H groups in total. The van der Waals surface area contributed by atoms with E-state index in [0.717, 1.165) is 23.6 Å². The minimum Gasteiger partial charge on any atom is -0.464 e. The second-order valence-corrected chi connectivity index (χ2v) is 5.59. The van der Waals surface area contributed by atoms with Crippen LogP contribution in [-0.4, -0.2) is 24.4 Å². The third kappa shape index (κ3) is 2.85. The van der Waals surface area contributed by atoms with Gasteiger partial charge in [-0.05, 0) is 30.2 Å². The van der Waals surface area contributed by atoms with Crippen molar-refractivity contribution in [2.75, 3.05) is 13.6 Å². The van der Waals surface area contributed by atoms with Gasteiger partial charge in [0.15, 0.2) is 0 Å². The summed E-state index contributed by atoms with van der Waals surface area (Å²) in [6, 6.07) is 12.0. The van der Waals surface area contributed by atoms with Crippen molar-refractivity contribution in [3.05, 3.63) is 59.0 Å². The largest absolute Gasteiger partial charge is 0.464 e. The zero-order chi connectivity index (χ0) is 14.8. The molecule has 0 bridgehead atoms. The number of furan rings is 1. The van der Waals surface area contributed by atoms with Gasteiger partial charge < -0.3 is 14.6 Å². The molecule has 1 aromatic heterocycles. The molecule has 4 nitrogen and oxygen atoms in total. The first-order chi connectivity index (χ1) is 10.1. The van der Waals surface area contributed by atoms with E-state index in [1.165, 1.54) is 5.56 Å². The number of carbonyl (C=O) groups is 1. The molecule has 3 rings (SSSR count). The molecule has 2 heterocycles. The number of amides is 1.